The summed E-state index contributed by atoms with van der Waals surface area (Å²) < 4.78 is 0. The first-order valence-corrected chi connectivity index (χ1v) is 8.84. The number of carbonyl (C=O) groups is 1. The monoisotopic (exact) mass is 325 g/mol. The molecule has 0 unspecified atom stereocenters. The summed E-state index contributed by atoms with van der Waals surface area (Å²) >= 11 is 0. The summed E-state index contributed by atoms with van der Waals surface area (Å²) in [6.07, 6.45) is 2.80. The third-order valence-corrected chi connectivity index (χ3v) is 5.56. The second-order valence-corrected chi connectivity index (χ2v) is 7.11. The van der Waals surface area contributed by atoms with Crippen molar-refractivity contribution < 1.29 is 4.79 Å². The molecule has 1 fully saturated rings. The Morgan fingerprint density at radius 3 is 2.32 bits per heavy atom. The maximum Gasteiger partial charge on any atom is 0.235 e. The number of fused-ring (bicyclic) bond motifs is 3. The predicted octanol–water partition coefficient (Wildman–Crippen LogP) is 4.93. The summed E-state index contributed by atoms with van der Waals surface area (Å²) in [4.78, 5) is 12.9. The van der Waals surface area contributed by atoms with E-state index in [1.54, 1.807) is 0 Å². The van der Waals surface area contributed by atoms with Crippen LogP contribution in [0.15, 0.2) is 72.8 Å². The van der Waals surface area contributed by atoms with Crippen molar-refractivity contribution in [3.8, 4) is 11.1 Å². The quantitative estimate of drug-likeness (QED) is 0.568. The van der Waals surface area contributed by atoms with E-state index in [9.17, 15) is 4.79 Å². The van der Waals surface area contributed by atoms with E-state index in [0.717, 1.165) is 30.5 Å². The van der Waals surface area contributed by atoms with Gasteiger partial charge in [-0.05, 0) is 59.2 Å². The molecule has 0 aliphatic heterocycles. The highest BCUT2D eigenvalue weighted by atomic mass is 16.2. The minimum Gasteiger partial charge on any atom is -0.325 e. The maximum absolute atomic E-state index is 12.9. The Hall–Kier alpha value is -2.87. The number of hydrogen-bond acceptors (Lipinski definition) is 1. The van der Waals surface area contributed by atoms with E-state index >= 15 is 0 Å². The zero-order valence-corrected chi connectivity index (χ0v) is 14.0. The van der Waals surface area contributed by atoms with E-state index in [1.165, 1.54) is 22.3 Å². The fourth-order valence-corrected chi connectivity index (χ4v) is 4.00. The van der Waals surface area contributed by atoms with E-state index in [-0.39, 0.29) is 11.3 Å². The lowest BCUT2D eigenvalue weighted by molar-refractivity contribution is -0.118. The van der Waals surface area contributed by atoms with Crippen molar-refractivity contribution in [1.29, 1.82) is 0 Å². The molecule has 1 amide bonds. The van der Waals surface area contributed by atoms with Crippen LogP contribution < -0.4 is 5.32 Å². The molecule has 0 aromatic heterocycles. The van der Waals surface area contributed by atoms with Crippen molar-refractivity contribution >= 4 is 11.6 Å². The Labute approximate surface area is 147 Å². The number of benzene rings is 3. The van der Waals surface area contributed by atoms with Crippen molar-refractivity contribution in [3.63, 3.8) is 0 Å². The number of rotatable bonds is 3. The van der Waals surface area contributed by atoms with Gasteiger partial charge in [-0.25, -0.2) is 0 Å². The summed E-state index contributed by atoms with van der Waals surface area (Å²) in [6, 6.07) is 25.0. The van der Waals surface area contributed by atoms with Crippen molar-refractivity contribution in [2.24, 2.45) is 0 Å². The Kier molecular flexibility index (Phi) is 3.08. The second-order valence-electron chi connectivity index (χ2n) is 7.11. The van der Waals surface area contributed by atoms with Gasteiger partial charge in [0.2, 0.25) is 5.91 Å². The summed E-state index contributed by atoms with van der Waals surface area (Å²) in [6.45, 7) is 0. The lowest BCUT2D eigenvalue weighted by Gasteiger charge is -2.16. The Morgan fingerprint density at radius 2 is 1.52 bits per heavy atom. The van der Waals surface area contributed by atoms with Gasteiger partial charge in [0, 0.05) is 5.69 Å². The molecular weight excluding hydrogens is 306 g/mol. The van der Waals surface area contributed by atoms with Gasteiger partial charge in [0.25, 0.3) is 0 Å². The van der Waals surface area contributed by atoms with Gasteiger partial charge in [-0.3, -0.25) is 4.79 Å². The minimum atomic E-state index is -0.330. The van der Waals surface area contributed by atoms with E-state index in [2.05, 4.69) is 53.8 Å². The average Bonchev–Trinajstić information content (AvgIpc) is 3.38. The van der Waals surface area contributed by atoms with Crippen LogP contribution in [-0.2, 0) is 16.6 Å². The lowest BCUT2D eigenvalue weighted by Crippen LogP contribution is -2.27. The van der Waals surface area contributed by atoms with E-state index < -0.39 is 0 Å². The molecule has 2 aliphatic rings. The number of amides is 1. The third kappa shape index (κ3) is 2.29. The molecule has 2 nitrogen and oxygen atoms in total. The summed E-state index contributed by atoms with van der Waals surface area (Å²) in [5.74, 6) is 0.120. The number of anilines is 1. The van der Waals surface area contributed by atoms with Crippen LogP contribution in [0.3, 0.4) is 0 Å². The SMILES string of the molecule is O=C(Nc1ccc2c(c1)Cc1ccccc1-2)C1(c2ccccc2)CC1. The molecule has 122 valence electrons. The molecule has 3 aromatic rings. The molecule has 0 saturated heterocycles. The van der Waals surface area contributed by atoms with E-state index in [4.69, 9.17) is 0 Å². The predicted molar refractivity (Wildman–Crippen MR) is 101 cm³/mol. The summed E-state index contributed by atoms with van der Waals surface area (Å²) in [5, 5.41) is 3.16. The molecule has 1 saturated carbocycles. The largest absolute Gasteiger partial charge is 0.325 e. The molecule has 1 N–H and O–H groups in total. The van der Waals surface area contributed by atoms with Crippen LogP contribution in [0.5, 0.6) is 0 Å². The molecule has 0 radical (unpaired) electrons. The fourth-order valence-electron chi connectivity index (χ4n) is 4.00. The molecule has 2 heteroatoms. The first-order valence-electron chi connectivity index (χ1n) is 8.84. The topological polar surface area (TPSA) is 29.1 Å². The zero-order valence-electron chi connectivity index (χ0n) is 14.0. The normalized spacial score (nSPS) is 16.0. The van der Waals surface area contributed by atoms with Crippen molar-refractivity contribution in [3.05, 3.63) is 89.5 Å². The van der Waals surface area contributed by atoms with Crippen molar-refractivity contribution in [1.82, 2.24) is 0 Å². The molecule has 2 aliphatic carbocycles. The molecule has 5 rings (SSSR count). The van der Waals surface area contributed by atoms with Crippen molar-refractivity contribution in [2.45, 2.75) is 24.7 Å². The molecule has 0 heterocycles. The molecule has 0 bridgehead atoms. The number of carbonyl (C=O) groups excluding carboxylic acids is 1. The van der Waals surface area contributed by atoms with E-state index in [0.29, 0.717) is 0 Å². The van der Waals surface area contributed by atoms with Crippen LogP contribution in [-0.4, -0.2) is 5.91 Å². The highest BCUT2D eigenvalue weighted by Gasteiger charge is 2.51. The molecule has 3 aromatic carbocycles. The van der Waals surface area contributed by atoms with Crippen LogP contribution in [0.25, 0.3) is 11.1 Å². The first-order chi connectivity index (χ1) is 12.3. The van der Waals surface area contributed by atoms with E-state index in [1.807, 2.05) is 24.3 Å². The number of hydrogen-bond donors (Lipinski definition) is 1. The first kappa shape index (κ1) is 14.5. The molecule has 0 spiro atoms. The lowest BCUT2D eigenvalue weighted by atomic mass is 9.95. The van der Waals surface area contributed by atoms with Gasteiger partial charge >= 0.3 is 0 Å². The van der Waals surface area contributed by atoms with Crippen LogP contribution in [0.4, 0.5) is 5.69 Å². The van der Waals surface area contributed by atoms with Crippen LogP contribution in [0.2, 0.25) is 0 Å². The molecule has 0 atom stereocenters. The standard InChI is InChI=1S/C23H19NO/c25-22(23(12-13-23)18-7-2-1-3-8-18)24-19-10-11-21-17(15-19)14-16-6-4-5-9-20(16)21/h1-11,15H,12-14H2,(H,24,25). The smallest absolute Gasteiger partial charge is 0.235 e. The van der Waals surface area contributed by atoms with Crippen LogP contribution in [0, 0.1) is 0 Å². The van der Waals surface area contributed by atoms with Gasteiger partial charge in [0.1, 0.15) is 0 Å². The second kappa shape index (κ2) is 5.32. The number of nitrogens with one attached hydrogen (secondary N) is 1. The highest BCUT2D eigenvalue weighted by molar-refractivity contribution is 6.01. The Balaban J connectivity index is 1.41. The van der Waals surface area contributed by atoms with Gasteiger partial charge in [0.05, 0.1) is 5.41 Å². The van der Waals surface area contributed by atoms with Gasteiger partial charge in [-0.1, -0.05) is 60.7 Å². The fraction of sp³-hybridized carbons (Fsp3) is 0.174. The Bertz CT molecular complexity index is 970. The van der Waals surface area contributed by atoms with Crippen LogP contribution >= 0.6 is 0 Å². The van der Waals surface area contributed by atoms with Crippen LogP contribution in [0.1, 0.15) is 29.5 Å². The van der Waals surface area contributed by atoms with Crippen molar-refractivity contribution in [2.75, 3.05) is 5.32 Å². The highest BCUT2D eigenvalue weighted by Crippen LogP contribution is 2.49. The zero-order chi connectivity index (χ0) is 16.9. The maximum atomic E-state index is 12.9. The Morgan fingerprint density at radius 1 is 0.800 bits per heavy atom. The minimum absolute atomic E-state index is 0.120. The molecular formula is C23H19NO. The molecule has 25 heavy (non-hydrogen) atoms. The summed E-state index contributed by atoms with van der Waals surface area (Å²) in [5.41, 5.74) is 6.96. The third-order valence-electron chi connectivity index (χ3n) is 5.56. The summed E-state index contributed by atoms with van der Waals surface area (Å²) in [7, 11) is 0. The van der Waals surface area contributed by atoms with Gasteiger partial charge < -0.3 is 5.32 Å². The van der Waals surface area contributed by atoms with Gasteiger partial charge in [0.15, 0.2) is 0 Å². The van der Waals surface area contributed by atoms with Gasteiger partial charge in [-0.15, -0.1) is 0 Å². The van der Waals surface area contributed by atoms with Gasteiger partial charge in [-0.2, -0.15) is 0 Å². The average molecular weight is 325 g/mol.